The molecule has 5 nitrogen and oxygen atoms in total. The molecule has 21 heavy (non-hydrogen) atoms. The zero-order valence-corrected chi connectivity index (χ0v) is 13.0. The summed E-state index contributed by atoms with van der Waals surface area (Å²) in [5, 5.41) is 0. The number of hydrogen-bond acceptors (Lipinski definition) is 5. The van der Waals surface area contributed by atoms with Crippen molar-refractivity contribution in [2.45, 2.75) is 24.2 Å². The smallest absolute Gasteiger partial charge is 0.248 e. The van der Waals surface area contributed by atoms with E-state index in [2.05, 4.69) is 4.98 Å². The summed E-state index contributed by atoms with van der Waals surface area (Å²) in [5.41, 5.74) is 0. The van der Waals surface area contributed by atoms with Gasteiger partial charge in [-0.05, 0) is 19.1 Å². The molecule has 0 aromatic carbocycles. The van der Waals surface area contributed by atoms with Crippen molar-refractivity contribution >= 4 is 17.7 Å². The van der Waals surface area contributed by atoms with Crippen LogP contribution in [-0.2, 0) is 9.53 Å². The Balaban J connectivity index is 1.47. The number of carbonyl (C=O) groups excluding carboxylic acids is 1. The van der Waals surface area contributed by atoms with Gasteiger partial charge in [-0.1, -0.05) is 0 Å². The molecule has 1 aromatic rings. The number of thioether (sulfide) groups is 1. The van der Waals surface area contributed by atoms with E-state index in [0.29, 0.717) is 6.61 Å². The van der Waals surface area contributed by atoms with Crippen LogP contribution in [0.25, 0.3) is 0 Å². The van der Waals surface area contributed by atoms with Gasteiger partial charge in [-0.2, -0.15) is 0 Å². The molecule has 2 aliphatic heterocycles. The summed E-state index contributed by atoms with van der Waals surface area (Å²) in [4.78, 5) is 17.8. The molecule has 6 heteroatoms. The van der Waals surface area contributed by atoms with E-state index in [1.807, 2.05) is 35.7 Å². The highest BCUT2D eigenvalue weighted by atomic mass is 32.2. The minimum Gasteiger partial charge on any atom is -0.488 e. The molecule has 0 N–H and O–H groups in total. The number of aromatic nitrogens is 1. The molecule has 3 heterocycles. The van der Waals surface area contributed by atoms with Gasteiger partial charge in [0.2, 0.25) is 5.91 Å². The molecule has 2 saturated heterocycles. The molecule has 0 radical (unpaired) electrons. The van der Waals surface area contributed by atoms with E-state index in [4.69, 9.17) is 9.47 Å². The largest absolute Gasteiger partial charge is 0.488 e. The van der Waals surface area contributed by atoms with Gasteiger partial charge in [-0.15, -0.1) is 11.8 Å². The van der Waals surface area contributed by atoms with Gasteiger partial charge in [-0.3, -0.25) is 9.78 Å². The Morgan fingerprint density at radius 1 is 1.57 bits per heavy atom. The van der Waals surface area contributed by atoms with Gasteiger partial charge < -0.3 is 14.4 Å². The van der Waals surface area contributed by atoms with Crippen LogP contribution < -0.4 is 4.74 Å². The SMILES string of the molecule is CCOCC(=O)N1CC2(C[C@H](Oc3cccnc3)CS2)C1. The van der Waals surface area contributed by atoms with Gasteiger partial charge in [-0.25, -0.2) is 0 Å². The number of rotatable bonds is 5. The first-order chi connectivity index (χ1) is 10.2. The van der Waals surface area contributed by atoms with Crippen LogP contribution in [0.1, 0.15) is 13.3 Å². The first-order valence-electron chi connectivity index (χ1n) is 7.27. The number of amides is 1. The average Bonchev–Trinajstić information content (AvgIpc) is 2.88. The van der Waals surface area contributed by atoms with Crippen LogP contribution >= 0.6 is 11.8 Å². The summed E-state index contributed by atoms with van der Waals surface area (Å²) in [7, 11) is 0. The van der Waals surface area contributed by atoms with Crippen LogP contribution in [0.5, 0.6) is 5.75 Å². The number of likely N-dealkylation sites (tertiary alicyclic amines) is 1. The Morgan fingerprint density at radius 3 is 3.14 bits per heavy atom. The summed E-state index contributed by atoms with van der Waals surface area (Å²) in [5.74, 6) is 1.89. The molecular formula is C15H20N2O3S. The third-order valence-corrected chi connectivity index (χ3v) is 5.43. The summed E-state index contributed by atoms with van der Waals surface area (Å²) >= 11 is 1.92. The van der Waals surface area contributed by atoms with Crippen LogP contribution in [0, 0.1) is 0 Å². The molecule has 1 aromatic heterocycles. The highest BCUT2D eigenvalue weighted by Crippen LogP contribution is 2.46. The highest BCUT2D eigenvalue weighted by molar-refractivity contribution is 8.01. The molecular weight excluding hydrogens is 288 g/mol. The minimum atomic E-state index is 0.0969. The zero-order valence-electron chi connectivity index (χ0n) is 12.2. The van der Waals surface area contributed by atoms with Crippen molar-refractivity contribution < 1.29 is 14.3 Å². The Labute approximate surface area is 129 Å². The van der Waals surface area contributed by atoms with Crippen LogP contribution in [0.15, 0.2) is 24.5 Å². The molecule has 0 unspecified atom stereocenters. The fourth-order valence-electron chi connectivity index (χ4n) is 2.81. The van der Waals surface area contributed by atoms with E-state index in [0.717, 1.165) is 31.0 Å². The molecule has 0 bridgehead atoms. The van der Waals surface area contributed by atoms with E-state index in [9.17, 15) is 4.79 Å². The Morgan fingerprint density at radius 2 is 2.43 bits per heavy atom. The molecule has 0 saturated carbocycles. The van der Waals surface area contributed by atoms with Gasteiger partial charge in [0.05, 0.1) is 10.9 Å². The summed E-state index contributed by atoms with van der Waals surface area (Å²) in [6.07, 6.45) is 4.69. The molecule has 0 aliphatic carbocycles. The molecule has 114 valence electrons. The zero-order chi connectivity index (χ0) is 14.7. The molecule has 1 atom stereocenters. The molecule has 2 fully saturated rings. The van der Waals surface area contributed by atoms with E-state index < -0.39 is 0 Å². The van der Waals surface area contributed by atoms with Crippen molar-refractivity contribution in [1.29, 1.82) is 0 Å². The van der Waals surface area contributed by atoms with E-state index in [-0.39, 0.29) is 23.4 Å². The molecule has 3 rings (SSSR count). The van der Waals surface area contributed by atoms with Crippen molar-refractivity contribution in [2.75, 3.05) is 32.1 Å². The summed E-state index contributed by atoms with van der Waals surface area (Å²) < 4.78 is 11.3. The molecule has 2 aliphatic rings. The Hall–Kier alpha value is -1.27. The Bertz CT molecular complexity index is 491. The lowest BCUT2D eigenvalue weighted by atomic mass is 9.93. The third kappa shape index (κ3) is 3.32. The van der Waals surface area contributed by atoms with Gasteiger partial charge in [0.1, 0.15) is 18.5 Å². The average molecular weight is 308 g/mol. The topological polar surface area (TPSA) is 51.7 Å². The highest BCUT2D eigenvalue weighted by Gasteiger charge is 2.51. The van der Waals surface area contributed by atoms with E-state index >= 15 is 0 Å². The van der Waals surface area contributed by atoms with Gasteiger partial charge in [0.15, 0.2) is 0 Å². The second-order valence-corrected chi connectivity index (χ2v) is 7.00. The maximum atomic E-state index is 11.8. The van der Waals surface area contributed by atoms with Crippen LogP contribution in [0.3, 0.4) is 0 Å². The maximum Gasteiger partial charge on any atom is 0.248 e. The second-order valence-electron chi connectivity index (χ2n) is 5.51. The van der Waals surface area contributed by atoms with Crippen LogP contribution in [-0.4, -0.2) is 58.7 Å². The number of pyridine rings is 1. The molecule has 1 amide bonds. The van der Waals surface area contributed by atoms with Crippen LogP contribution in [0.4, 0.5) is 0 Å². The van der Waals surface area contributed by atoms with Crippen LogP contribution in [0.2, 0.25) is 0 Å². The van der Waals surface area contributed by atoms with Crippen molar-refractivity contribution in [3.05, 3.63) is 24.5 Å². The molecule has 1 spiro atoms. The normalized spacial score (nSPS) is 23.1. The van der Waals surface area contributed by atoms with E-state index in [1.54, 1.807) is 12.4 Å². The third-order valence-electron chi connectivity index (χ3n) is 3.85. The minimum absolute atomic E-state index is 0.0969. The van der Waals surface area contributed by atoms with Gasteiger partial charge in [0.25, 0.3) is 0 Å². The van der Waals surface area contributed by atoms with Crippen molar-refractivity contribution in [3.63, 3.8) is 0 Å². The summed E-state index contributed by atoms with van der Waals surface area (Å²) in [6.45, 7) is 4.32. The maximum absolute atomic E-state index is 11.8. The first kappa shape index (κ1) is 14.7. The number of hydrogen-bond donors (Lipinski definition) is 0. The van der Waals surface area contributed by atoms with E-state index in [1.165, 1.54) is 0 Å². The number of ether oxygens (including phenoxy) is 2. The lowest BCUT2D eigenvalue weighted by Crippen LogP contribution is -2.61. The monoisotopic (exact) mass is 308 g/mol. The fraction of sp³-hybridized carbons (Fsp3) is 0.600. The standard InChI is InChI=1S/C15H20N2O3S/c1-2-19-8-14(18)17-10-15(11-17)6-13(9-21-15)20-12-4-3-5-16-7-12/h3-5,7,13H,2,6,8-11H2,1H3/t13-/m0/s1. The van der Waals surface area contributed by atoms with Crippen molar-refractivity contribution in [3.8, 4) is 5.75 Å². The number of carbonyl (C=O) groups is 1. The quantitative estimate of drug-likeness (QED) is 0.827. The second kappa shape index (κ2) is 6.23. The predicted octanol–water partition coefficient (Wildman–Crippen LogP) is 1.58. The Kier molecular flexibility index (Phi) is 4.35. The van der Waals surface area contributed by atoms with Crippen molar-refractivity contribution in [1.82, 2.24) is 9.88 Å². The van der Waals surface area contributed by atoms with Gasteiger partial charge >= 0.3 is 0 Å². The predicted molar refractivity (Wildman–Crippen MR) is 81.5 cm³/mol. The lowest BCUT2D eigenvalue weighted by Gasteiger charge is -2.47. The number of nitrogens with zero attached hydrogens (tertiary/aromatic N) is 2. The fourth-order valence-corrected chi connectivity index (χ4v) is 4.34. The van der Waals surface area contributed by atoms with Gasteiger partial charge in [0, 0.05) is 38.1 Å². The summed E-state index contributed by atoms with van der Waals surface area (Å²) in [6, 6.07) is 3.81. The lowest BCUT2D eigenvalue weighted by molar-refractivity contribution is -0.141. The first-order valence-corrected chi connectivity index (χ1v) is 8.25. The van der Waals surface area contributed by atoms with Crippen molar-refractivity contribution in [2.24, 2.45) is 0 Å².